The van der Waals surface area contributed by atoms with Gasteiger partial charge in [0.1, 0.15) is 0 Å². The van der Waals surface area contributed by atoms with Crippen molar-refractivity contribution in [3.63, 3.8) is 0 Å². The van der Waals surface area contributed by atoms with Gasteiger partial charge in [-0.25, -0.2) is 0 Å². The van der Waals surface area contributed by atoms with Gasteiger partial charge in [-0.05, 0) is 38.0 Å². The molecule has 3 aromatic rings. The average molecular weight is 317 g/mol. The smallest absolute Gasteiger partial charge is 0.325 e. The number of nitrogens with zero attached hydrogens (tertiary/aromatic N) is 1. The summed E-state index contributed by atoms with van der Waals surface area (Å²) in [5.41, 5.74) is 3.60. The molecule has 22 heavy (non-hydrogen) atoms. The van der Waals surface area contributed by atoms with E-state index in [9.17, 15) is 4.57 Å². The summed E-state index contributed by atoms with van der Waals surface area (Å²) in [5.74, 6) is 0. The lowest BCUT2D eigenvalue weighted by atomic mass is 10.1. The van der Waals surface area contributed by atoms with Gasteiger partial charge in [0.25, 0.3) is 0 Å². The van der Waals surface area contributed by atoms with Crippen molar-refractivity contribution < 1.29 is 14.4 Å². The van der Waals surface area contributed by atoms with Crippen LogP contribution in [0.25, 0.3) is 21.8 Å². The third kappa shape index (κ3) is 3.09. The molecular weight excluding hydrogens is 297 g/mol. The summed E-state index contributed by atoms with van der Waals surface area (Å²) in [6.45, 7) is 2.86. The van der Waals surface area contributed by atoms with Crippen LogP contribution in [0.3, 0.4) is 0 Å². The van der Waals surface area contributed by atoms with Crippen molar-refractivity contribution in [1.29, 1.82) is 0 Å². The molecule has 116 valence electrons. The predicted octanol–water partition coefficient (Wildman–Crippen LogP) is 4.06. The molecule has 0 atom stereocenters. The number of benzene rings is 2. The maximum Gasteiger partial charge on any atom is 0.325 e. The second-order valence-electron chi connectivity index (χ2n) is 5.78. The molecular formula is C17H20NO3P. The van der Waals surface area contributed by atoms with Crippen molar-refractivity contribution in [2.24, 2.45) is 0 Å². The molecule has 0 aliphatic heterocycles. The second-order valence-corrected chi connectivity index (χ2v) is 7.56. The van der Waals surface area contributed by atoms with Gasteiger partial charge in [-0.15, -0.1) is 0 Å². The average Bonchev–Trinajstić information content (AvgIpc) is 2.76. The Bertz CT molecular complexity index is 863. The Morgan fingerprint density at radius 3 is 2.50 bits per heavy atom. The van der Waals surface area contributed by atoms with Gasteiger partial charge in [-0.1, -0.05) is 29.8 Å². The molecule has 0 aliphatic carbocycles. The van der Waals surface area contributed by atoms with Gasteiger partial charge in [0.2, 0.25) is 0 Å². The first kappa shape index (κ1) is 15.3. The maximum absolute atomic E-state index is 10.9. The molecule has 0 amide bonds. The normalized spacial score (nSPS) is 12.3. The molecule has 2 aromatic carbocycles. The van der Waals surface area contributed by atoms with E-state index in [2.05, 4.69) is 41.8 Å². The van der Waals surface area contributed by atoms with Crippen LogP contribution >= 0.6 is 7.60 Å². The fourth-order valence-corrected chi connectivity index (χ4v) is 3.63. The molecule has 1 aromatic heterocycles. The van der Waals surface area contributed by atoms with E-state index in [1.165, 1.54) is 27.4 Å². The number of aryl methyl sites for hydroxylation is 2. The van der Waals surface area contributed by atoms with E-state index < -0.39 is 7.60 Å². The minimum atomic E-state index is -3.88. The molecule has 4 nitrogen and oxygen atoms in total. The number of hydrogen-bond acceptors (Lipinski definition) is 1. The third-order valence-electron chi connectivity index (χ3n) is 4.01. The van der Waals surface area contributed by atoms with Gasteiger partial charge in [-0.3, -0.25) is 4.57 Å². The summed E-state index contributed by atoms with van der Waals surface area (Å²) in [6.07, 6.45) is 1.25. The Labute approximate surface area is 129 Å². The van der Waals surface area contributed by atoms with E-state index in [1.54, 1.807) is 0 Å². The standard InChI is InChI=1S/C17H20NO3P/c1-13-8-9-17-15(12-13)14-6-2-3-7-16(14)18(17)10-4-5-11-22(19,20)21/h2-3,6-9,12H,4-5,10-11H2,1H3,(H2,19,20,21). The van der Waals surface area contributed by atoms with Gasteiger partial charge < -0.3 is 14.4 Å². The highest BCUT2D eigenvalue weighted by Gasteiger charge is 2.13. The highest BCUT2D eigenvalue weighted by molar-refractivity contribution is 7.51. The molecule has 3 rings (SSSR count). The molecule has 0 saturated carbocycles. The Morgan fingerprint density at radius 2 is 1.73 bits per heavy atom. The van der Waals surface area contributed by atoms with E-state index in [0.29, 0.717) is 6.42 Å². The Balaban J connectivity index is 1.95. The maximum atomic E-state index is 10.9. The molecule has 2 N–H and O–H groups in total. The monoisotopic (exact) mass is 317 g/mol. The fraction of sp³-hybridized carbons (Fsp3) is 0.294. The zero-order chi connectivity index (χ0) is 15.7. The topological polar surface area (TPSA) is 62.5 Å². The van der Waals surface area contributed by atoms with Crippen molar-refractivity contribution in [3.8, 4) is 0 Å². The van der Waals surface area contributed by atoms with Gasteiger partial charge in [0.15, 0.2) is 0 Å². The summed E-state index contributed by atoms with van der Waals surface area (Å²) < 4.78 is 13.2. The molecule has 0 aliphatic rings. The lowest BCUT2D eigenvalue weighted by Gasteiger charge is -2.08. The SMILES string of the molecule is Cc1ccc2c(c1)c1ccccc1n2CCCCP(=O)(O)O. The first-order valence-corrected chi connectivity index (χ1v) is 9.28. The second kappa shape index (κ2) is 5.88. The summed E-state index contributed by atoms with van der Waals surface area (Å²) in [6, 6.07) is 14.7. The van der Waals surface area contributed by atoms with Crippen LogP contribution in [-0.2, 0) is 11.1 Å². The van der Waals surface area contributed by atoms with Gasteiger partial charge in [0, 0.05) is 34.5 Å². The highest BCUT2D eigenvalue weighted by atomic mass is 31.2. The lowest BCUT2D eigenvalue weighted by molar-refractivity contribution is 0.370. The number of rotatable bonds is 5. The largest absolute Gasteiger partial charge is 0.340 e. The van der Waals surface area contributed by atoms with Crippen molar-refractivity contribution in [1.82, 2.24) is 4.57 Å². The number of fused-ring (bicyclic) bond motifs is 3. The van der Waals surface area contributed by atoms with E-state index in [4.69, 9.17) is 9.79 Å². The third-order valence-corrected chi connectivity index (χ3v) is 4.91. The van der Waals surface area contributed by atoms with Crippen molar-refractivity contribution in [2.75, 3.05) is 6.16 Å². The Morgan fingerprint density at radius 1 is 1.00 bits per heavy atom. The van der Waals surface area contributed by atoms with E-state index in [0.717, 1.165) is 13.0 Å². The first-order chi connectivity index (χ1) is 10.5. The van der Waals surface area contributed by atoms with Crippen LogP contribution in [0.2, 0.25) is 0 Å². The Hall–Kier alpha value is -1.61. The van der Waals surface area contributed by atoms with Crippen molar-refractivity contribution in [3.05, 3.63) is 48.0 Å². The van der Waals surface area contributed by atoms with Crippen molar-refractivity contribution >= 4 is 29.4 Å². The zero-order valence-electron chi connectivity index (χ0n) is 12.6. The van der Waals surface area contributed by atoms with Gasteiger partial charge in [-0.2, -0.15) is 0 Å². The van der Waals surface area contributed by atoms with Crippen LogP contribution in [0, 0.1) is 6.92 Å². The molecule has 0 bridgehead atoms. The number of hydrogen-bond donors (Lipinski definition) is 2. The molecule has 0 unspecified atom stereocenters. The molecule has 5 heteroatoms. The minimum absolute atomic E-state index is 0.0385. The van der Waals surface area contributed by atoms with Crippen LogP contribution in [0.5, 0.6) is 0 Å². The predicted molar refractivity (Wildman–Crippen MR) is 90.3 cm³/mol. The van der Waals surface area contributed by atoms with Crippen LogP contribution in [0.1, 0.15) is 18.4 Å². The molecule has 0 radical (unpaired) electrons. The van der Waals surface area contributed by atoms with Crippen LogP contribution in [-0.4, -0.2) is 20.5 Å². The number of aromatic nitrogens is 1. The van der Waals surface area contributed by atoms with E-state index in [1.807, 2.05) is 12.1 Å². The van der Waals surface area contributed by atoms with E-state index in [-0.39, 0.29) is 6.16 Å². The lowest BCUT2D eigenvalue weighted by Crippen LogP contribution is -1.99. The highest BCUT2D eigenvalue weighted by Crippen LogP contribution is 2.36. The summed E-state index contributed by atoms with van der Waals surface area (Å²) >= 11 is 0. The molecule has 0 spiro atoms. The van der Waals surface area contributed by atoms with E-state index >= 15 is 0 Å². The van der Waals surface area contributed by atoms with Crippen LogP contribution < -0.4 is 0 Å². The van der Waals surface area contributed by atoms with Crippen LogP contribution in [0.4, 0.5) is 0 Å². The molecule has 0 fully saturated rings. The summed E-state index contributed by atoms with van der Waals surface area (Å²) in [4.78, 5) is 17.9. The number of unbranched alkanes of at least 4 members (excludes halogenated alkanes) is 1. The van der Waals surface area contributed by atoms with Crippen LogP contribution in [0.15, 0.2) is 42.5 Å². The van der Waals surface area contributed by atoms with Gasteiger partial charge >= 0.3 is 7.60 Å². The number of para-hydroxylation sites is 1. The molecule has 1 heterocycles. The minimum Gasteiger partial charge on any atom is -0.340 e. The quantitative estimate of drug-likeness (QED) is 0.551. The summed E-state index contributed by atoms with van der Waals surface area (Å²) in [7, 11) is -3.88. The molecule has 0 saturated heterocycles. The zero-order valence-corrected chi connectivity index (χ0v) is 13.5. The Kier molecular flexibility index (Phi) is 4.09. The van der Waals surface area contributed by atoms with Crippen molar-refractivity contribution in [2.45, 2.75) is 26.3 Å². The van der Waals surface area contributed by atoms with Gasteiger partial charge in [0.05, 0.1) is 0 Å². The summed E-state index contributed by atoms with van der Waals surface area (Å²) in [5, 5.41) is 2.47. The fourth-order valence-electron chi connectivity index (χ4n) is 3.00. The first-order valence-electron chi connectivity index (χ1n) is 7.48.